The Kier molecular flexibility index (Phi) is 8.00. The molecule has 1 heterocycles. The summed E-state index contributed by atoms with van der Waals surface area (Å²) >= 11 is 0. The van der Waals surface area contributed by atoms with Crippen LogP contribution in [0.25, 0.3) is 0 Å². The molecule has 4 rings (SSSR count). The molecule has 9 nitrogen and oxygen atoms in total. The Morgan fingerprint density at radius 2 is 1.28 bits per heavy atom. The van der Waals surface area contributed by atoms with Crippen LogP contribution in [0.5, 0.6) is 5.75 Å². The molecule has 0 bridgehead atoms. The fourth-order valence-electron chi connectivity index (χ4n) is 4.33. The standard InChI is InChI=1S/C30H25NO8/c1-36-27(33)23-24(28(34)37-2)30(29(35)38-3,31-25(23)20-10-6-4-7-11-20)18-19-14-16-22(17-15-19)39-26(32)21-12-8-5-9-13-21/h4-17H,18H2,1-3H3. The van der Waals surface area contributed by atoms with Crippen LogP contribution < -0.4 is 4.74 Å². The van der Waals surface area contributed by atoms with Gasteiger partial charge in [-0.25, -0.2) is 19.2 Å². The van der Waals surface area contributed by atoms with Crippen LogP contribution in [-0.4, -0.2) is 56.5 Å². The maximum Gasteiger partial charge on any atom is 0.343 e. The van der Waals surface area contributed by atoms with Gasteiger partial charge in [0.15, 0.2) is 5.54 Å². The number of esters is 4. The van der Waals surface area contributed by atoms with Crippen LogP contribution in [0.2, 0.25) is 0 Å². The summed E-state index contributed by atoms with van der Waals surface area (Å²) in [6, 6.07) is 23.5. The molecular formula is C30H25NO8. The van der Waals surface area contributed by atoms with E-state index in [1.54, 1.807) is 84.9 Å². The Bertz CT molecular complexity index is 1460. The van der Waals surface area contributed by atoms with Crippen LogP contribution in [0, 0.1) is 0 Å². The molecule has 0 radical (unpaired) electrons. The molecule has 39 heavy (non-hydrogen) atoms. The van der Waals surface area contributed by atoms with Gasteiger partial charge in [0, 0.05) is 12.0 Å². The zero-order valence-electron chi connectivity index (χ0n) is 21.5. The number of rotatable bonds is 8. The van der Waals surface area contributed by atoms with Crippen LogP contribution in [0.3, 0.4) is 0 Å². The van der Waals surface area contributed by atoms with Gasteiger partial charge in [-0.05, 0) is 29.8 Å². The number of nitrogens with zero attached hydrogens (tertiary/aromatic N) is 1. The van der Waals surface area contributed by atoms with E-state index in [2.05, 4.69) is 4.99 Å². The molecule has 0 amide bonds. The second-order valence-electron chi connectivity index (χ2n) is 8.49. The molecule has 1 unspecified atom stereocenters. The molecule has 1 atom stereocenters. The number of aliphatic imine (C=N–C) groups is 1. The van der Waals surface area contributed by atoms with Gasteiger partial charge < -0.3 is 18.9 Å². The maximum absolute atomic E-state index is 13.4. The predicted octanol–water partition coefficient (Wildman–Crippen LogP) is 3.51. The lowest BCUT2D eigenvalue weighted by Crippen LogP contribution is -2.44. The van der Waals surface area contributed by atoms with Gasteiger partial charge in [-0.15, -0.1) is 0 Å². The summed E-state index contributed by atoms with van der Waals surface area (Å²) in [7, 11) is 3.47. The highest BCUT2D eigenvalue weighted by Gasteiger charge is 2.55. The van der Waals surface area contributed by atoms with E-state index in [0.717, 1.165) is 7.11 Å². The van der Waals surface area contributed by atoms with Crippen molar-refractivity contribution in [3.05, 3.63) is 113 Å². The Labute approximate surface area is 224 Å². The predicted molar refractivity (Wildman–Crippen MR) is 140 cm³/mol. The van der Waals surface area contributed by atoms with Gasteiger partial charge in [0.2, 0.25) is 0 Å². The second-order valence-corrected chi connectivity index (χ2v) is 8.49. The fourth-order valence-corrected chi connectivity index (χ4v) is 4.33. The lowest BCUT2D eigenvalue weighted by Gasteiger charge is -2.26. The first-order valence-corrected chi connectivity index (χ1v) is 11.9. The summed E-state index contributed by atoms with van der Waals surface area (Å²) in [6.07, 6.45) is -0.159. The van der Waals surface area contributed by atoms with Crippen LogP contribution in [0.1, 0.15) is 21.5 Å². The lowest BCUT2D eigenvalue weighted by molar-refractivity contribution is -0.148. The molecule has 0 saturated carbocycles. The highest BCUT2D eigenvalue weighted by Crippen LogP contribution is 2.40. The highest BCUT2D eigenvalue weighted by atomic mass is 16.5. The minimum Gasteiger partial charge on any atom is -0.467 e. The van der Waals surface area contributed by atoms with E-state index in [9.17, 15) is 19.2 Å². The van der Waals surface area contributed by atoms with Crippen molar-refractivity contribution in [1.82, 2.24) is 0 Å². The molecule has 198 valence electrons. The van der Waals surface area contributed by atoms with Crippen molar-refractivity contribution in [3.63, 3.8) is 0 Å². The number of hydrogen-bond donors (Lipinski definition) is 0. The number of carbonyl (C=O) groups excluding carboxylic acids is 4. The Balaban J connectivity index is 1.78. The number of ether oxygens (including phenoxy) is 4. The van der Waals surface area contributed by atoms with Gasteiger partial charge in [0.05, 0.1) is 43.8 Å². The molecule has 1 aliphatic heterocycles. The minimum absolute atomic E-state index is 0.0988. The Morgan fingerprint density at radius 3 is 1.85 bits per heavy atom. The Hall–Kier alpha value is -5.05. The molecule has 1 aliphatic rings. The quantitative estimate of drug-likeness (QED) is 0.248. The number of benzene rings is 3. The molecule has 9 heteroatoms. The van der Waals surface area contributed by atoms with Gasteiger partial charge in [-0.3, -0.25) is 4.99 Å². The molecular weight excluding hydrogens is 502 g/mol. The van der Waals surface area contributed by atoms with E-state index in [4.69, 9.17) is 18.9 Å². The average Bonchev–Trinajstić information content (AvgIpc) is 3.33. The SMILES string of the molecule is COC(=O)C1=C(C(=O)OC)C(Cc2ccc(OC(=O)c3ccccc3)cc2)(C(=O)OC)N=C1c1ccccc1. The molecule has 0 N–H and O–H groups in total. The summed E-state index contributed by atoms with van der Waals surface area (Å²) < 4.78 is 20.5. The third-order valence-corrected chi connectivity index (χ3v) is 6.16. The minimum atomic E-state index is -1.95. The first-order chi connectivity index (χ1) is 18.8. The summed E-state index contributed by atoms with van der Waals surface area (Å²) in [4.78, 5) is 56.5. The van der Waals surface area contributed by atoms with E-state index in [-0.39, 0.29) is 29.0 Å². The molecule has 3 aromatic rings. The number of hydrogen-bond acceptors (Lipinski definition) is 9. The summed E-state index contributed by atoms with van der Waals surface area (Å²) in [5.74, 6) is -2.90. The van der Waals surface area contributed by atoms with Crippen LogP contribution in [0.4, 0.5) is 0 Å². The van der Waals surface area contributed by atoms with Crippen molar-refractivity contribution in [1.29, 1.82) is 0 Å². The van der Waals surface area contributed by atoms with E-state index in [1.165, 1.54) is 14.2 Å². The van der Waals surface area contributed by atoms with Crippen molar-refractivity contribution < 1.29 is 38.1 Å². The van der Waals surface area contributed by atoms with Crippen molar-refractivity contribution in [3.8, 4) is 5.75 Å². The van der Waals surface area contributed by atoms with E-state index < -0.39 is 29.4 Å². The van der Waals surface area contributed by atoms with Crippen LogP contribution in [-0.2, 0) is 35.0 Å². The topological polar surface area (TPSA) is 118 Å². The lowest BCUT2D eigenvalue weighted by atomic mass is 9.82. The molecule has 0 spiro atoms. The maximum atomic E-state index is 13.4. The van der Waals surface area contributed by atoms with E-state index in [1.807, 2.05) is 0 Å². The van der Waals surface area contributed by atoms with Gasteiger partial charge in [-0.1, -0.05) is 60.7 Å². The van der Waals surface area contributed by atoms with Crippen LogP contribution in [0.15, 0.2) is 101 Å². The van der Waals surface area contributed by atoms with Gasteiger partial charge in [0.1, 0.15) is 5.75 Å². The normalized spacial score (nSPS) is 16.2. The second kappa shape index (κ2) is 11.6. The van der Waals surface area contributed by atoms with E-state index >= 15 is 0 Å². The van der Waals surface area contributed by atoms with E-state index in [0.29, 0.717) is 16.7 Å². The molecule has 0 aromatic heterocycles. The van der Waals surface area contributed by atoms with Crippen molar-refractivity contribution >= 4 is 29.6 Å². The largest absolute Gasteiger partial charge is 0.467 e. The van der Waals surface area contributed by atoms with Gasteiger partial charge >= 0.3 is 23.9 Å². The smallest absolute Gasteiger partial charge is 0.343 e. The third-order valence-electron chi connectivity index (χ3n) is 6.16. The average molecular weight is 528 g/mol. The zero-order valence-corrected chi connectivity index (χ0v) is 21.5. The monoisotopic (exact) mass is 527 g/mol. The highest BCUT2D eigenvalue weighted by molar-refractivity contribution is 6.33. The number of methoxy groups -OCH3 is 3. The van der Waals surface area contributed by atoms with Crippen molar-refractivity contribution in [2.75, 3.05) is 21.3 Å². The fraction of sp³-hybridized carbons (Fsp3) is 0.167. The summed E-state index contributed by atoms with van der Waals surface area (Å²) in [5, 5.41) is 0. The molecule has 0 aliphatic carbocycles. The molecule has 0 fully saturated rings. The summed E-state index contributed by atoms with van der Waals surface area (Å²) in [6.45, 7) is 0. The third kappa shape index (κ3) is 5.33. The van der Waals surface area contributed by atoms with Gasteiger partial charge in [0.25, 0.3) is 0 Å². The first-order valence-electron chi connectivity index (χ1n) is 11.9. The Morgan fingerprint density at radius 1 is 0.692 bits per heavy atom. The van der Waals surface area contributed by atoms with Crippen molar-refractivity contribution in [2.45, 2.75) is 12.0 Å². The molecule has 3 aromatic carbocycles. The molecule has 0 saturated heterocycles. The number of carbonyl (C=O) groups is 4. The first kappa shape index (κ1) is 27.0. The summed E-state index contributed by atoms with van der Waals surface area (Å²) in [5.41, 5.74) is -0.892. The van der Waals surface area contributed by atoms with Gasteiger partial charge in [-0.2, -0.15) is 0 Å². The van der Waals surface area contributed by atoms with Crippen LogP contribution >= 0.6 is 0 Å². The zero-order chi connectivity index (χ0) is 28.0. The van der Waals surface area contributed by atoms with Crippen molar-refractivity contribution in [2.24, 2.45) is 4.99 Å².